The van der Waals surface area contributed by atoms with Crippen LogP contribution in [0.3, 0.4) is 0 Å². The summed E-state index contributed by atoms with van der Waals surface area (Å²) in [5.41, 5.74) is 6.64. The van der Waals surface area contributed by atoms with Gasteiger partial charge in [0.05, 0.1) is 5.02 Å². The first-order valence-corrected chi connectivity index (χ1v) is 6.72. The Morgan fingerprint density at radius 1 is 1.47 bits per heavy atom. The first-order valence-electron chi connectivity index (χ1n) is 6.34. The molecule has 0 spiro atoms. The summed E-state index contributed by atoms with van der Waals surface area (Å²) in [7, 11) is 0. The first-order chi connectivity index (χ1) is 8.26. The van der Waals surface area contributed by atoms with Crippen LogP contribution in [0.4, 0.5) is 5.82 Å². The average molecular weight is 254 g/mol. The highest BCUT2D eigenvalue weighted by atomic mass is 35.5. The molecule has 2 heterocycles. The maximum absolute atomic E-state index is 6.33. The lowest BCUT2D eigenvalue weighted by Crippen LogP contribution is -2.34. The molecule has 0 amide bonds. The van der Waals surface area contributed by atoms with E-state index in [1.807, 2.05) is 6.07 Å². The van der Waals surface area contributed by atoms with Crippen LogP contribution in [0.5, 0.6) is 0 Å². The van der Waals surface area contributed by atoms with Crippen molar-refractivity contribution in [2.24, 2.45) is 11.7 Å². The molecule has 1 fully saturated rings. The van der Waals surface area contributed by atoms with E-state index < -0.39 is 0 Å². The second-order valence-corrected chi connectivity index (χ2v) is 5.03. The molecule has 2 N–H and O–H groups in total. The molecule has 1 aromatic heterocycles. The summed E-state index contributed by atoms with van der Waals surface area (Å²) in [4.78, 5) is 6.69. The van der Waals surface area contributed by atoms with Crippen LogP contribution in [0.2, 0.25) is 5.02 Å². The van der Waals surface area contributed by atoms with E-state index in [2.05, 4.69) is 16.8 Å². The van der Waals surface area contributed by atoms with Crippen molar-refractivity contribution >= 4 is 17.4 Å². The van der Waals surface area contributed by atoms with E-state index in [1.165, 1.54) is 19.3 Å². The van der Waals surface area contributed by atoms with Gasteiger partial charge in [0.2, 0.25) is 0 Å². The number of nitrogens with two attached hydrogens (primary N) is 1. The van der Waals surface area contributed by atoms with Gasteiger partial charge in [-0.1, -0.05) is 24.9 Å². The number of hydrogen-bond donors (Lipinski definition) is 1. The van der Waals surface area contributed by atoms with Gasteiger partial charge in [-0.15, -0.1) is 0 Å². The Morgan fingerprint density at radius 2 is 2.18 bits per heavy atom. The predicted molar refractivity (Wildman–Crippen MR) is 72.4 cm³/mol. The number of rotatable bonds is 3. The summed E-state index contributed by atoms with van der Waals surface area (Å²) in [6.45, 7) is 4.85. The van der Waals surface area contributed by atoms with Crippen LogP contribution >= 0.6 is 11.6 Å². The number of anilines is 1. The van der Waals surface area contributed by atoms with Crippen molar-refractivity contribution in [3.05, 3.63) is 22.8 Å². The van der Waals surface area contributed by atoms with Crippen LogP contribution in [-0.4, -0.2) is 18.1 Å². The number of halogens is 1. The van der Waals surface area contributed by atoms with Crippen molar-refractivity contribution in [1.29, 1.82) is 0 Å². The zero-order valence-corrected chi connectivity index (χ0v) is 11.1. The van der Waals surface area contributed by atoms with Gasteiger partial charge in [0.15, 0.2) is 0 Å². The fourth-order valence-corrected chi connectivity index (χ4v) is 2.71. The minimum Gasteiger partial charge on any atom is -0.355 e. The number of aromatic nitrogens is 1. The summed E-state index contributed by atoms with van der Waals surface area (Å²) in [6.07, 6.45) is 5.55. The standard InChI is InChI=1S/C13H20ClN3/c1-2-10-4-7-17(8-5-10)13-12(14)11(9-15)3-6-16-13/h3,6,10H,2,4-5,7-9,15H2,1H3. The Bertz CT molecular complexity index is 373. The Morgan fingerprint density at radius 3 is 2.76 bits per heavy atom. The van der Waals surface area contributed by atoms with Gasteiger partial charge in [-0.25, -0.2) is 4.98 Å². The van der Waals surface area contributed by atoms with Crippen LogP contribution in [0.1, 0.15) is 31.7 Å². The molecule has 4 heteroatoms. The minimum atomic E-state index is 0.472. The quantitative estimate of drug-likeness (QED) is 0.901. The Kier molecular flexibility index (Phi) is 4.24. The zero-order chi connectivity index (χ0) is 12.3. The van der Waals surface area contributed by atoms with Gasteiger partial charge in [-0.3, -0.25) is 0 Å². The van der Waals surface area contributed by atoms with Gasteiger partial charge >= 0.3 is 0 Å². The van der Waals surface area contributed by atoms with Gasteiger partial charge in [0.25, 0.3) is 0 Å². The van der Waals surface area contributed by atoms with E-state index >= 15 is 0 Å². The Labute approximate surface area is 108 Å². The number of piperidine rings is 1. The number of nitrogens with zero attached hydrogens (tertiary/aromatic N) is 2. The Hall–Kier alpha value is -0.800. The van der Waals surface area contributed by atoms with E-state index in [-0.39, 0.29) is 0 Å². The monoisotopic (exact) mass is 253 g/mol. The second kappa shape index (κ2) is 5.69. The lowest BCUT2D eigenvalue weighted by Gasteiger charge is -2.33. The van der Waals surface area contributed by atoms with Crippen molar-refractivity contribution in [2.45, 2.75) is 32.7 Å². The molecule has 1 saturated heterocycles. The zero-order valence-electron chi connectivity index (χ0n) is 10.3. The van der Waals surface area contributed by atoms with Gasteiger partial charge < -0.3 is 10.6 Å². The highest BCUT2D eigenvalue weighted by molar-refractivity contribution is 6.33. The summed E-state index contributed by atoms with van der Waals surface area (Å²) in [5.74, 6) is 1.77. The van der Waals surface area contributed by atoms with Crippen molar-refractivity contribution in [3.63, 3.8) is 0 Å². The van der Waals surface area contributed by atoms with Crippen LogP contribution < -0.4 is 10.6 Å². The third-order valence-electron chi connectivity index (χ3n) is 3.66. The highest BCUT2D eigenvalue weighted by Crippen LogP contribution is 2.30. The van der Waals surface area contributed by atoms with Crippen LogP contribution in [-0.2, 0) is 6.54 Å². The summed E-state index contributed by atoms with van der Waals surface area (Å²) < 4.78 is 0. The lowest BCUT2D eigenvalue weighted by molar-refractivity contribution is 0.394. The van der Waals surface area contributed by atoms with Gasteiger partial charge in [-0.2, -0.15) is 0 Å². The molecule has 0 unspecified atom stereocenters. The van der Waals surface area contributed by atoms with Gasteiger partial charge in [0, 0.05) is 25.8 Å². The smallest absolute Gasteiger partial charge is 0.147 e. The fraction of sp³-hybridized carbons (Fsp3) is 0.615. The molecule has 94 valence electrons. The largest absolute Gasteiger partial charge is 0.355 e. The van der Waals surface area contributed by atoms with E-state index in [4.69, 9.17) is 17.3 Å². The summed E-state index contributed by atoms with van der Waals surface area (Å²) in [6, 6.07) is 1.89. The molecule has 0 atom stereocenters. The van der Waals surface area contributed by atoms with Crippen molar-refractivity contribution in [3.8, 4) is 0 Å². The fourth-order valence-electron chi connectivity index (χ4n) is 2.40. The normalized spacial score (nSPS) is 17.5. The molecule has 2 rings (SSSR count). The van der Waals surface area contributed by atoms with Crippen molar-refractivity contribution in [2.75, 3.05) is 18.0 Å². The molecule has 0 aromatic carbocycles. The summed E-state index contributed by atoms with van der Waals surface area (Å²) in [5, 5.41) is 0.727. The average Bonchev–Trinajstić information content (AvgIpc) is 2.39. The summed E-state index contributed by atoms with van der Waals surface area (Å²) >= 11 is 6.33. The lowest BCUT2D eigenvalue weighted by atomic mass is 9.94. The SMILES string of the molecule is CCC1CCN(c2nccc(CN)c2Cl)CC1. The first kappa shape index (κ1) is 12.7. The predicted octanol–water partition coefficient (Wildman–Crippen LogP) is 2.82. The van der Waals surface area contributed by atoms with E-state index in [9.17, 15) is 0 Å². The van der Waals surface area contributed by atoms with E-state index in [1.54, 1.807) is 6.20 Å². The van der Waals surface area contributed by atoms with Crippen LogP contribution in [0.15, 0.2) is 12.3 Å². The molecule has 17 heavy (non-hydrogen) atoms. The van der Waals surface area contributed by atoms with Crippen molar-refractivity contribution in [1.82, 2.24) is 4.98 Å². The van der Waals surface area contributed by atoms with Crippen LogP contribution in [0.25, 0.3) is 0 Å². The van der Waals surface area contributed by atoms with Crippen molar-refractivity contribution < 1.29 is 0 Å². The molecular formula is C13H20ClN3. The molecule has 0 bridgehead atoms. The Balaban J connectivity index is 2.13. The van der Waals surface area contributed by atoms with Crippen LogP contribution in [0, 0.1) is 5.92 Å². The van der Waals surface area contributed by atoms with E-state index in [0.717, 1.165) is 35.4 Å². The molecule has 1 aromatic rings. The molecule has 0 aliphatic carbocycles. The van der Waals surface area contributed by atoms with Gasteiger partial charge in [0.1, 0.15) is 5.82 Å². The third-order valence-corrected chi connectivity index (χ3v) is 4.07. The number of hydrogen-bond acceptors (Lipinski definition) is 3. The number of pyridine rings is 1. The molecular weight excluding hydrogens is 234 g/mol. The molecule has 1 aliphatic rings. The highest BCUT2D eigenvalue weighted by Gasteiger charge is 2.21. The molecule has 0 saturated carbocycles. The van der Waals surface area contributed by atoms with Gasteiger partial charge in [-0.05, 0) is 30.4 Å². The topological polar surface area (TPSA) is 42.2 Å². The second-order valence-electron chi connectivity index (χ2n) is 4.65. The minimum absolute atomic E-state index is 0.472. The maximum atomic E-state index is 6.33. The third kappa shape index (κ3) is 2.72. The molecule has 1 aliphatic heterocycles. The molecule has 3 nitrogen and oxygen atoms in total. The maximum Gasteiger partial charge on any atom is 0.147 e. The van der Waals surface area contributed by atoms with E-state index in [0.29, 0.717) is 6.54 Å². The molecule has 0 radical (unpaired) electrons.